The number of hydrogen-bond acceptors (Lipinski definition) is 6. The number of ether oxygens (including phenoxy) is 1. The minimum absolute atomic E-state index is 0.0214. The average molecular weight is 556 g/mol. The number of aromatic nitrogens is 3. The summed E-state index contributed by atoms with van der Waals surface area (Å²) < 4.78 is 37.9. The number of hydrogen-bond donors (Lipinski definition) is 3. The summed E-state index contributed by atoms with van der Waals surface area (Å²) in [6, 6.07) is 15.6. The lowest BCUT2D eigenvalue weighted by Crippen LogP contribution is -2.28. The van der Waals surface area contributed by atoms with Gasteiger partial charge in [0.1, 0.15) is 17.2 Å². The number of pyridine rings is 1. The van der Waals surface area contributed by atoms with Crippen molar-refractivity contribution in [1.29, 1.82) is 0 Å². The maximum Gasteiger partial charge on any atom is 0.490 e. The molecule has 0 aliphatic carbocycles. The Morgan fingerprint density at radius 3 is 2.35 bits per heavy atom. The van der Waals surface area contributed by atoms with Crippen molar-refractivity contribution in [2.75, 3.05) is 6.54 Å². The van der Waals surface area contributed by atoms with Crippen molar-refractivity contribution in [3.8, 4) is 23.0 Å². The molecule has 1 fully saturated rings. The average Bonchev–Trinajstić information content (AvgIpc) is 3.56. The summed E-state index contributed by atoms with van der Waals surface area (Å²) in [5.74, 6) is -1.99. The number of alkyl halides is 3. The minimum atomic E-state index is -5.08. The van der Waals surface area contributed by atoms with Gasteiger partial charge in [-0.15, -0.1) is 0 Å². The number of fused-ring (bicyclic) bond motifs is 1. The number of nitrogens with zero attached hydrogens (tertiary/aromatic N) is 3. The molecule has 3 heterocycles. The second-order valence-corrected chi connectivity index (χ2v) is 8.81. The van der Waals surface area contributed by atoms with Gasteiger partial charge in [0, 0.05) is 31.3 Å². The Morgan fingerprint density at radius 1 is 1.07 bits per heavy atom. The third-order valence-electron chi connectivity index (χ3n) is 6.11. The molecule has 1 unspecified atom stereocenters. The highest BCUT2D eigenvalue weighted by atomic mass is 19.4. The third kappa shape index (κ3) is 6.37. The van der Waals surface area contributed by atoms with Crippen LogP contribution in [-0.2, 0) is 9.59 Å². The molecule has 4 aromatic rings. The largest absolute Gasteiger partial charge is 0.490 e. The van der Waals surface area contributed by atoms with Gasteiger partial charge in [0.2, 0.25) is 5.91 Å². The van der Waals surface area contributed by atoms with E-state index in [0.29, 0.717) is 29.4 Å². The van der Waals surface area contributed by atoms with Crippen LogP contribution in [0.25, 0.3) is 22.6 Å². The second kappa shape index (κ2) is 11.4. The zero-order valence-corrected chi connectivity index (χ0v) is 21.0. The molecule has 2 aromatic carbocycles. The number of imidazole rings is 1. The highest BCUT2D eigenvalue weighted by Crippen LogP contribution is 2.41. The second-order valence-electron chi connectivity index (χ2n) is 8.81. The SMILES string of the molecule is CC(=O)N1CCCC1c1cc2[nH]c(-c3ccccn3)nc2cc1Oc1ccc(C(=O)O)cc1.O=C(O)C(F)(F)F. The summed E-state index contributed by atoms with van der Waals surface area (Å²) in [6.45, 7) is 2.28. The Balaban J connectivity index is 0.000000470. The van der Waals surface area contributed by atoms with E-state index in [4.69, 9.17) is 19.7 Å². The van der Waals surface area contributed by atoms with Crippen LogP contribution in [0.4, 0.5) is 13.2 Å². The molecule has 208 valence electrons. The summed E-state index contributed by atoms with van der Waals surface area (Å²) in [5, 5.41) is 16.3. The number of carbonyl (C=O) groups excluding carboxylic acids is 1. The van der Waals surface area contributed by atoms with Gasteiger partial charge in [0.05, 0.1) is 22.6 Å². The highest BCUT2D eigenvalue weighted by Gasteiger charge is 2.38. The Hall–Kier alpha value is -4.94. The molecule has 2 aromatic heterocycles. The minimum Gasteiger partial charge on any atom is -0.478 e. The van der Waals surface area contributed by atoms with Crippen LogP contribution in [0.15, 0.2) is 60.8 Å². The number of amides is 1. The zero-order valence-electron chi connectivity index (χ0n) is 21.0. The number of carboxylic acids is 2. The van der Waals surface area contributed by atoms with Gasteiger partial charge in [-0.3, -0.25) is 9.78 Å². The van der Waals surface area contributed by atoms with E-state index in [-0.39, 0.29) is 17.5 Å². The molecule has 1 atom stereocenters. The fraction of sp³-hybridized carbons (Fsp3) is 0.222. The van der Waals surface area contributed by atoms with Gasteiger partial charge in [0.15, 0.2) is 5.82 Å². The zero-order chi connectivity index (χ0) is 29.0. The molecule has 0 bridgehead atoms. The van der Waals surface area contributed by atoms with E-state index < -0.39 is 18.1 Å². The van der Waals surface area contributed by atoms with Gasteiger partial charge >= 0.3 is 18.1 Å². The van der Waals surface area contributed by atoms with E-state index in [9.17, 15) is 22.8 Å². The number of carbonyl (C=O) groups is 3. The van der Waals surface area contributed by atoms with Gasteiger partial charge in [0.25, 0.3) is 0 Å². The lowest BCUT2D eigenvalue weighted by atomic mass is 10.0. The van der Waals surface area contributed by atoms with Gasteiger partial charge in [-0.2, -0.15) is 13.2 Å². The summed E-state index contributed by atoms with van der Waals surface area (Å²) in [7, 11) is 0. The van der Waals surface area contributed by atoms with Crippen LogP contribution in [0.3, 0.4) is 0 Å². The molecule has 1 aliphatic heterocycles. The number of H-pyrrole nitrogens is 1. The van der Waals surface area contributed by atoms with Crippen molar-refractivity contribution >= 4 is 28.9 Å². The molecule has 1 amide bonds. The first kappa shape index (κ1) is 28.1. The molecule has 3 N–H and O–H groups in total. The van der Waals surface area contributed by atoms with Gasteiger partial charge < -0.3 is 24.8 Å². The maximum atomic E-state index is 12.3. The van der Waals surface area contributed by atoms with Crippen LogP contribution in [0.2, 0.25) is 0 Å². The molecule has 10 nitrogen and oxygen atoms in total. The number of likely N-dealkylation sites (tertiary alicyclic amines) is 1. The number of nitrogens with one attached hydrogen (secondary N) is 1. The number of rotatable bonds is 5. The van der Waals surface area contributed by atoms with E-state index in [0.717, 1.165) is 29.6 Å². The van der Waals surface area contributed by atoms with E-state index in [2.05, 4.69) is 15.0 Å². The van der Waals surface area contributed by atoms with Crippen molar-refractivity contribution in [3.63, 3.8) is 0 Å². The van der Waals surface area contributed by atoms with Crippen LogP contribution in [0, 0.1) is 0 Å². The molecule has 13 heteroatoms. The molecule has 1 aliphatic rings. The Bertz CT molecular complexity index is 1540. The fourth-order valence-corrected chi connectivity index (χ4v) is 4.29. The summed E-state index contributed by atoms with van der Waals surface area (Å²) in [5.41, 5.74) is 3.34. The molecule has 0 radical (unpaired) electrons. The first-order valence-electron chi connectivity index (χ1n) is 12.0. The number of benzene rings is 2. The molecule has 0 spiro atoms. The number of aromatic carboxylic acids is 1. The molecular formula is C27H23F3N4O6. The predicted octanol–water partition coefficient (Wildman–Crippen LogP) is 5.43. The monoisotopic (exact) mass is 556 g/mol. The molecule has 1 saturated heterocycles. The summed E-state index contributed by atoms with van der Waals surface area (Å²) in [4.78, 5) is 46.6. The Morgan fingerprint density at radius 2 is 1.77 bits per heavy atom. The summed E-state index contributed by atoms with van der Waals surface area (Å²) in [6.07, 6.45) is -1.62. The van der Waals surface area contributed by atoms with Crippen LogP contribution in [0.5, 0.6) is 11.5 Å². The standard InChI is InChI=1S/C25H22N4O4.C2HF3O2/c1-15(30)29-12-4-6-22(29)18-13-20-21(28-24(27-20)19-5-2-3-11-26-19)14-23(18)33-17-9-7-16(8-10-17)25(31)32;3-2(4,5)1(6)7/h2-3,5,7-11,13-14,22H,4,6,12H2,1H3,(H,27,28)(H,31,32);(H,6,7). The quantitative estimate of drug-likeness (QED) is 0.295. The first-order chi connectivity index (χ1) is 18.9. The number of aromatic amines is 1. The van der Waals surface area contributed by atoms with Gasteiger partial charge in [-0.1, -0.05) is 6.07 Å². The first-order valence-corrected chi connectivity index (χ1v) is 12.0. The number of carboxylic acid groups (broad SMARTS) is 2. The van der Waals surface area contributed by atoms with Crippen LogP contribution >= 0.6 is 0 Å². The van der Waals surface area contributed by atoms with Crippen LogP contribution < -0.4 is 4.74 Å². The van der Waals surface area contributed by atoms with E-state index in [1.165, 1.54) is 12.1 Å². The smallest absolute Gasteiger partial charge is 0.478 e. The third-order valence-corrected chi connectivity index (χ3v) is 6.11. The van der Waals surface area contributed by atoms with Crippen molar-refractivity contribution in [1.82, 2.24) is 19.9 Å². The maximum absolute atomic E-state index is 12.3. The van der Waals surface area contributed by atoms with Gasteiger partial charge in [-0.25, -0.2) is 14.6 Å². The van der Waals surface area contributed by atoms with Gasteiger partial charge in [-0.05, 0) is 55.3 Å². The fourth-order valence-electron chi connectivity index (χ4n) is 4.29. The normalized spacial score (nSPS) is 14.9. The topological polar surface area (TPSA) is 146 Å². The van der Waals surface area contributed by atoms with E-state index in [1.54, 1.807) is 25.3 Å². The molecular weight excluding hydrogens is 533 g/mol. The lowest BCUT2D eigenvalue weighted by Gasteiger charge is -2.25. The predicted molar refractivity (Wildman–Crippen MR) is 136 cm³/mol. The molecule has 0 saturated carbocycles. The van der Waals surface area contributed by atoms with Crippen molar-refractivity contribution in [2.45, 2.75) is 32.0 Å². The van der Waals surface area contributed by atoms with Crippen molar-refractivity contribution < 1.29 is 42.5 Å². The molecule has 5 rings (SSSR count). The number of halogens is 3. The highest BCUT2D eigenvalue weighted by molar-refractivity contribution is 5.87. The Kier molecular flexibility index (Phi) is 8.03. The number of aliphatic carboxylic acids is 1. The van der Waals surface area contributed by atoms with Crippen molar-refractivity contribution in [3.05, 3.63) is 71.9 Å². The van der Waals surface area contributed by atoms with E-state index in [1.807, 2.05) is 35.2 Å². The van der Waals surface area contributed by atoms with E-state index >= 15 is 0 Å². The lowest BCUT2D eigenvalue weighted by molar-refractivity contribution is -0.192. The van der Waals surface area contributed by atoms with Crippen molar-refractivity contribution in [2.24, 2.45) is 0 Å². The Labute approximate surface area is 225 Å². The summed E-state index contributed by atoms with van der Waals surface area (Å²) >= 11 is 0. The van der Waals surface area contributed by atoms with Crippen LogP contribution in [-0.4, -0.2) is 60.6 Å². The molecule has 40 heavy (non-hydrogen) atoms. The van der Waals surface area contributed by atoms with Crippen LogP contribution in [0.1, 0.15) is 41.7 Å².